The quantitative estimate of drug-likeness (QED) is 0.917. The lowest BCUT2D eigenvalue weighted by molar-refractivity contribution is -0.131. The van der Waals surface area contributed by atoms with Crippen molar-refractivity contribution < 1.29 is 4.79 Å². The van der Waals surface area contributed by atoms with E-state index >= 15 is 0 Å². The molecular weight excluding hydrogens is 258 g/mol. The first-order valence-electron chi connectivity index (χ1n) is 7.08. The smallest absolute Gasteiger partial charge is 0.222 e. The Balaban J connectivity index is 1.50. The van der Waals surface area contributed by atoms with Gasteiger partial charge in [-0.05, 0) is 31.6 Å². The summed E-state index contributed by atoms with van der Waals surface area (Å²) in [5.41, 5.74) is 2.81. The number of carbonyl (C=O) groups excluding carboxylic acids is 1. The Labute approximate surface area is 118 Å². The van der Waals surface area contributed by atoms with Crippen molar-refractivity contribution in [1.82, 2.24) is 15.2 Å². The molecule has 2 unspecified atom stereocenters. The van der Waals surface area contributed by atoms with Gasteiger partial charge in [0.1, 0.15) is 0 Å². The molecule has 19 heavy (non-hydrogen) atoms. The molecule has 3 rings (SSSR count). The Hall–Kier alpha value is -0.940. The number of rotatable bonds is 4. The van der Waals surface area contributed by atoms with E-state index in [0.717, 1.165) is 5.69 Å². The molecule has 2 atom stereocenters. The van der Waals surface area contributed by atoms with Crippen LogP contribution in [0.3, 0.4) is 0 Å². The van der Waals surface area contributed by atoms with E-state index in [0.29, 0.717) is 31.0 Å². The van der Waals surface area contributed by atoms with Crippen LogP contribution in [0.1, 0.15) is 37.8 Å². The highest BCUT2D eigenvalue weighted by Gasteiger charge is 2.34. The molecule has 0 radical (unpaired) electrons. The maximum absolute atomic E-state index is 12.3. The second kappa shape index (κ2) is 5.59. The van der Waals surface area contributed by atoms with Gasteiger partial charge in [-0.25, -0.2) is 4.98 Å². The third kappa shape index (κ3) is 3.15. The Bertz CT molecular complexity index is 422. The van der Waals surface area contributed by atoms with E-state index in [9.17, 15) is 4.79 Å². The Morgan fingerprint density at radius 1 is 1.47 bits per heavy atom. The molecule has 1 aromatic rings. The number of hydrogen-bond acceptors (Lipinski definition) is 4. The number of hydrogen-bond donors (Lipinski definition) is 1. The van der Waals surface area contributed by atoms with E-state index in [1.54, 1.807) is 11.3 Å². The fourth-order valence-corrected chi connectivity index (χ4v) is 3.94. The summed E-state index contributed by atoms with van der Waals surface area (Å²) in [7, 11) is 1.89. The molecule has 0 aromatic carbocycles. The number of nitrogens with zero attached hydrogens (tertiary/aromatic N) is 2. The zero-order valence-electron chi connectivity index (χ0n) is 11.3. The predicted molar refractivity (Wildman–Crippen MR) is 75.9 cm³/mol. The molecule has 2 fully saturated rings. The normalized spacial score (nSPS) is 29.4. The van der Waals surface area contributed by atoms with E-state index < -0.39 is 0 Å². The molecule has 1 aromatic heterocycles. The van der Waals surface area contributed by atoms with Crippen LogP contribution in [0.25, 0.3) is 0 Å². The molecule has 0 aliphatic carbocycles. The first kappa shape index (κ1) is 13.1. The molecule has 0 saturated carbocycles. The maximum Gasteiger partial charge on any atom is 0.222 e. The van der Waals surface area contributed by atoms with E-state index in [4.69, 9.17) is 0 Å². The van der Waals surface area contributed by atoms with Crippen molar-refractivity contribution in [3.05, 3.63) is 16.6 Å². The van der Waals surface area contributed by atoms with Gasteiger partial charge in [-0.1, -0.05) is 0 Å². The van der Waals surface area contributed by atoms with Crippen molar-refractivity contribution in [3.8, 4) is 0 Å². The number of thiazole rings is 1. The summed E-state index contributed by atoms with van der Waals surface area (Å²) < 4.78 is 0. The fraction of sp³-hybridized carbons (Fsp3) is 0.714. The van der Waals surface area contributed by atoms with Gasteiger partial charge in [0.2, 0.25) is 5.91 Å². The van der Waals surface area contributed by atoms with Gasteiger partial charge in [-0.2, -0.15) is 0 Å². The average molecular weight is 279 g/mol. The Morgan fingerprint density at radius 2 is 2.21 bits per heavy atom. The van der Waals surface area contributed by atoms with Crippen molar-refractivity contribution in [2.75, 3.05) is 7.05 Å². The summed E-state index contributed by atoms with van der Waals surface area (Å²) >= 11 is 1.58. The summed E-state index contributed by atoms with van der Waals surface area (Å²) in [4.78, 5) is 18.3. The van der Waals surface area contributed by atoms with E-state index in [1.165, 1.54) is 25.7 Å². The van der Waals surface area contributed by atoms with Crippen LogP contribution in [-0.4, -0.2) is 34.9 Å². The monoisotopic (exact) mass is 279 g/mol. The van der Waals surface area contributed by atoms with E-state index in [1.807, 2.05) is 22.8 Å². The molecule has 2 saturated heterocycles. The summed E-state index contributed by atoms with van der Waals surface area (Å²) in [6.45, 7) is 0.639. The fourth-order valence-electron chi connectivity index (χ4n) is 3.39. The van der Waals surface area contributed by atoms with Crippen LogP contribution >= 0.6 is 11.3 Å². The minimum atomic E-state index is 0.263. The zero-order chi connectivity index (χ0) is 13.2. The summed E-state index contributed by atoms with van der Waals surface area (Å²) in [6, 6.07) is 1.33. The molecule has 3 heterocycles. The lowest BCUT2D eigenvalue weighted by atomic mass is 9.89. The molecule has 104 valence electrons. The van der Waals surface area contributed by atoms with Gasteiger partial charge < -0.3 is 10.2 Å². The van der Waals surface area contributed by atoms with Crippen molar-refractivity contribution >= 4 is 17.2 Å². The SMILES string of the molecule is CN(Cc1cscn1)C(=O)CC1CC2CCC(C1)N2. The number of fused-ring (bicyclic) bond motifs is 2. The van der Waals surface area contributed by atoms with Gasteiger partial charge in [0, 0.05) is 30.9 Å². The molecule has 1 amide bonds. The molecule has 0 spiro atoms. The number of aromatic nitrogens is 1. The predicted octanol–water partition coefficient (Wildman–Crippen LogP) is 2.02. The molecular formula is C14H21N3OS. The number of carbonyl (C=O) groups is 1. The van der Waals surface area contributed by atoms with Crippen LogP contribution < -0.4 is 5.32 Å². The van der Waals surface area contributed by atoms with Crippen LogP contribution in [0.2, 0.25) is 0 Å². The van der Waals surface area contributed by atoms with Crippen LogP contribution in [0.15, 0.2) is 10.9 Å². The number of piperidine rings is 1. The summed E-state index contributed by atoms with van der Waals surface area (Å²) in [5, 5.41) is 5.63. The molecule has 2 bridgehead atoms. The standard InChI is InChI=1S/C14H21N3OS/c1-17(7-13-8-19-9-15-13)14(18)6-10-4-11-2-3-12(5-10)16-11/h8-12,16H,2-7H2,1H3. The van der Waals surface area contributed by atoms with Crippen molar-refractivity contribution in [2.45, 2.75) is 50.7 Å². The van der Waals surface area contributed by atoms with Gasteiger partial charge in [0.25, 0.3) is 0 Å². The highest BCUT2D eigenvalue weighted by molar-refractivity contribution is 7.07. The molecule has 1 N–H and O–H groups in total. The van der Waals surface area contributed by atoms with Crippen molar-refractivity contribution in [1.29, 1.82) is 0 Å². The van der Waals surface area contributed by atoms with Crippen molar-refractivity contribution in [2.24, 2.45) is 5.92 Å². The largest absolute Gasteiger partial charge is 0.340 e. The third-order valence-corrected chi connectivity index (χ3v) is 4.98. The summed E-state index contributed by atoms with van der Waals surface area (Å²) in [5.74, 6) is 0.837. The van der Waals surface area contributed by atoms with E-state index in [-0.39, 0.29) is 5.91 Å². The van der Waals surface area contributed by atoms with Crippen molar-refractivity contribution in [3.63, 3.8) is 0 Å². The Kier molecular flexibility index (Phi) is 3.84. The highest BCUT2D eigenvalue weighted by Crippen LogP contribution is 2.32. The highest BCUT2D eigenvalue weighted by atomic mass is 32.1. The molecule has 4 nitrogen and oxygen atoms in total. The molecule has 2 aliphatic heterocycles. The van der Waals surface area contributed by atoms with Crippen LogP contribution in [0.5, 0.6) is 0 Å². The summed E-state index contributed by atoms with van der Waals surface area (Å²) in [6.07, 6.45) is 5.64. The van der Waals surface area contributed by atoms with Gasteiger partial charge in [-0.15, -0.1) is 11.3 Å². The number of nitrogens with one attached hydrogen (secondary N) is 1. The van der Waals surface area contributed by atoms with E-state index in [2.05, 4.69) is 10.3 Å². The van der Waals surface area contributed by atoms with Crippen LogP contribution in [-0.2, 0) is 11.3 Å². The first-order chi connectivity index (χ1) is 9.20. The lowest BCUT2D eigenvalue weighted by Crippen LogP contribution is -2.39. The average Bonchev–Trinajstić information content (AvgIpc) is 2.99. The third-order valence-electron chi connectivity index (χ3n) is 4.34. The van der Waals surface area contributed by atoms with Crippen LogP contribution in [0, 0.1) is 5.92 Å². The maximum atomic E-state index is 12.3. The van der Waals surface area contributed by atoms with Gasteiger partial charge in [-0.3, -0.25) is 4.79 Å². The van der Waals surface area contributed by atoms with Gasteiger partial charge >= 0.3 is 0 Å². The minimum absolute atomic E-state index is 0.263. The Morgan fingerprint density at radius 3 is 2.84 bits per heavy atom. The van der Waals surface area contributed by atoms with Crippen LogP contribution in [0.4, 0.5) is 0 Å². The number of amides is 1. The first-order valence-corrected chi connectivity index (χ1v) is 8.02. The molecule has 5 heteroatoms. The lowest BCUT2D eigenvalue weighted by Gasteiger charge is -2.29. The topological polar surface area (TPSA) is 45.2 Å². The zero-order valence-corrected chi connectivity index (χ0v) is 12.2. The van der Waals surface area contributed by atoms with Gasteiger partial charge in [0.15, 0.2) is 0 Å². The second-order valence-corrected chi connectivity index (χ2v) is 6.63. The minimum Gasteiger partial charge on any atom is -0.340 e. The van der Waals surface area contributed by atoms with Gasteiger partial charge in [0.05, 0.1) is 17.7 Å². The molecule has 2 aliphatic rings. The second-order valence-electron chi connectivity index (χ2n) is 5.91.